The summed E-state index contributed by atoms with van der Waals surface area (Å²) in [5.74, 6) is 1.08. The molecule has 2 heterocycles. The van der Waals surface area contributed by atoms with Crippen LogP contribution in [0.1, 0.15) is 13.8 Å². The molecule has 1 saturated heterocycles. The van der Waals surface area contributed by atoms with E-state index in [-0.39, 0.29) is 0 Å². The maximum atomic E-state index is 3.68. The molecule has 0 aromatic heterocycles. The zero-order valence-corrected chi connectivity index (χ0v) is 9.99. The summed E-state index contributed by atoms with van der Waals surface area (Å²) in [6.45, 7) is 4.32. The Morgan fingerprint density at radius 2 is 2.29 bits per heavy atom. The molecule has 2 rings (SSSR count). The summed E-state index contributed by atoms with van der Waals surface area (Å²) < 4.78 is 0. The number of hydrogen-bond donors (Lipinski definition) is 3. The molecule has 1 fully saturated rings. The van der Waals surface area contributed by atoms with Gasteiger partial charge < -0.3 is 0 Å². The van der Waals surface area contributed by atoms with Crippen LogP contribution in [0.5, 0.6) is 0 Å². The van der Waals surface area contributed by atoms with Crippen LogP contribution in [0.2, 0.25) is 0 Å². The molecular weight excluding hydrogens is 216 g/mol. The van der Waals surface area contributed by atoms with E-state index in [0.717, 1.165) is 5.88 Å². The first-order valence-corrected chi connectivity index (χ1v) is 6.42. The summed E-state index contributed by atoms with van der Waals surface area (Å²) in [5.41, 5.74) is 0. The maximum absolute atomic E-state index is 3.68. The SMILES string of the molecule is C1=CSNN=C1.CC1NCSC(C)N1. The second-order valence-corrected chi connectivity index (χ2v) is 4.88. The molecule has 0 saturated carbocycles. The van der Waals surface area contributed by atoms with Crippen LogP contribution >= 0.6 is 23.7 Å². The number of hydrogen-bond acceptors (Lipinski definition) is 6. The fourth-order valence-electron chi connectivity index (χ4n) is 0.966. The predicted octanol–water partition coefficient (Wildman–Crippen LogP) is 1.30. The van der Waals surface area contributed by atoms with Crippen LogP contribution in [-0.2, 0) is 0 Å². The average Bonchev–Trinajstić information content (AvgIpc) is 2.21. The highest BCUT2D eigenvalue weighted by atomic mass is 32.2. The van der Waals surface area contributed by atoms with Crippen molar-refractivity contribution in [2.45, 2.75) is 25.4 Å². The molecule has 2 atom stereocenters. The minimum atomic E-state index is 0.492. The summed E-state index contributed by atoms with van der Waals surface area (Å²) in [6, 6.07) is 0. The van der Waals surface area contributed by atoms with Crippen molar-refractivity contribution in [3.05, 3.63) is 11.5 Å². The zero-order chi connectivity index (χ0) is 10.2. The van der Waals surface area contributed by atoms with Crippen molar-refractivity contribution in [3.63, 3.8) is 0 Å². The van der Waals surface area contributed by atoms with Crippen LogP contribution in [0.3, 0.4) is 0 Å². The molecule has 0 aromatic rings. The topological polar surface area (TPSA) is 48.5 Å². The highest BCUT2D eigenvalue weighted by Gasteiger charge is 2.11. The minimum absolute atomic E-state index is 0.492. The number of rotatable bonds is 0. The molecule has 0 amide bonds. The molecule has 4 nitrogen and oxygen atoms in total. The third kappa shape index (κ3) is 5.54. The van der Waals surface area contributed by atoms with Crippen molar-refractivity contribution in [3.8, 4) is 0 Å². The third-order valence-corrected chi connectivity index (χ3v) is 3.09. The van der Waals surface area contributed by atoms with Crippen molar-refractivity contribution >= 4 is 29.9 Å². The Bertz CT molecular complexity index is 188. The summed E-state index contributed by atoms with van der Waals surface area (Å²) in [4.78, 5) is 2.68. The van der Waals surface area contributed by atoms with E-state index in [1.165, 1.54) is 11.9 Å². The Balaban J connectivity index is 0.000000146. The van der Waals surface area contributed by atoms with E-state index in [4.69, 9.17) is 0 Å². The van der Waals surface area contributed by atoms with Gasteiger partial charge in [0.25, 0.3) is 0 Å². The average molecular weight is 232 g/mol. The van der Waals surface area contributed by atoms with Crippen molar-refractivity contribution < 1.29 is 0 Å². The molecule has 2 aliphatic rings. The molecule has 0 spiro atoms. The van der Waals surface area contributed by atoms with Crippen LogP contribution in [0.15, 0.2) is 16.6 Å². The first-order valence-electron chi connectivity index (χ1n) is 4.49. The van der Waals surface area contributed by atoms with Crippen LogP contribution in [0.4, 0.5) is 0 Å². The lowest BCUT2D eigenvalue weighted by Gasteiger charge is -2.26. The molecule has 14 heavy (non-hydrogen) atoms. The largest absolute Gasteiger partial charge is 0.293 e. The molecule has 2 unspecified atom stereocenters. The fraction of sp³-hybridized carbons (Fsp3) is 0.625. The summed E-state index contributed by atoms with van der Waals surface area (Å²) in [7, 11) is 0. The van der Waals surface area contributed by atoms with Crippen molar-refractivity contribution in [2.75, 3.05) is 5.88 Å². The third-order valence-electron chi connectivity index (χ3n) is 1.62. The molecule has 0 aliphatic carbocycles. The van der Waals surface area contributed by atoms with Gasteiger partial charge in [0, 0.05) is 12.1 Å². The quantitative estimate of drug-likeness (QED) is 0.550. The monoisotopic (exact) mass is 232 g/mol. The second kappa shape index (κ2) is 7.17. The highest BCUT2D eigenvalue weighted by molar-refractivity contribution is 8.00. The van der Waals surface area contributed by atoms with E-state index in [1.807, 2.05) is 23.2 Å². The number of nitrogens with one attached hydrogen (secondary N) is 3. The molecule has 0 bridgehead atoms. The van der Waals surface area contributed by atoms with Crippen LogP contribution in [0.25, 0.3) is 0 Å². The van der Waals surface area contributed by atoms with Gasteiger partial charge in [0.1, 0.15) is 0 Å². The van der Waals surface area contributed by atoms with Gasteiger partial charge in [-0.1, -0.05) is 0 Å². The van der Waals surface area contributed by atoms with Gasteiger partial charge in [-0.05, 0) is 37.3 Å². The Kier molecular flexibility index (Phi) is 6.09. The molecule has 80 valence electrons. The Morgan fingerprint density at radius 1 is 1.43 bits per heavy atom. The van der Waals surface area contributed by atoms with E-state index >= 15 is 0 Å². The molecule has 6 heteroatoms. The van der Waals surface area contributed by atoms with Crippen molar-refractivity contribution in [1.82, 2.24) is 15.5 Å². The fourth-order valence-corrected chi connectivity index (χ4v) is 2.19. The lowest BCUT2D eigenvalue weighted by molar-refractivity contribution is 0.464. The molecule has 2 aliphatic heterocycles. The van der Waals surface area contributed by atoms with Gasteiger partial charge in [-0.25, -0.2) is 4.83 Å². The predicted molar refractivity (Wildman–Crippen MR) is 66.0 cm³/mol. The highest BCUT2D eigenvalue weighted by Crippen LogP contribution is 2.09. The first kappa shape index (κ1) is 11.9. The summed E-state index contributed by atoms with van der Waals surface area (Å²) >= 11 is 3.37. The normalized spacial score (nSPS) is 30.1. The lowest BCUT2D eigenvalue weighted by atomic mass is 10.5. The first-order chi connectivity index (χ1) is 6.79. The van der Waals surface area contributed by atoms with Crippen LogP contribution in [-0.4, -0.2) is 23.6 Å². The number of nitrogens with zero attached hydrogens (tertiary/aromatic N) is 1. The van der Waals surface area contributed by atoms with Gasteiger partial charge in [-0.3, -0.25) is 10.6 Å². The molecule has 0 radical (unpaired) electrons. The summed E-state index contributed by atoms with van der Waals surface area (Å²) in [5, 5.41) is 12.8. The van der Waals surface area contributed by atoms with Gasteiger partial charge in [0.2, 0.25) is 0 Å². The minimum Gasteiger partial charge on any atom is -0.293 e. The smallest absolute Gasteiger partial charge is 0.0557 e. The standard InChI is InChI=1S/C5H12N2S.C3H4N2S/c1-4-6-3-8-5(2)7-4;1-2-4-5-6-3-1/h4-7H,3H2,1-2H3;1-3,5H. The second-order valence-electron chi connectivity index (χ2n) is 2.86. The van der Waals surface area contributed by atoms with E-state index in [9.17, 15) is 0 Å². The Hall–Kier alpha value is -0.170. The van der Waals surface area contributed by atoms with Gasteiger partial charge in [0.05, 0.1) is 11.5 Å². The maximum Gasteiger partial charge on any atom is 0.0557 e. The molecule has 0 aromatic carbocycles. The van der Waals surface area contributed by atoms with Gasteiger partial charge in [0.15, 0.2) is 0 Å². The Labute approximate surface area is 93.5 Å². The van der Waals surface area contributed by atoms with E-state index in [2.05, 4.69) is 34.4 Å². The van der Waals surface area contributed by atoms with E-state index in [1.54, 1.807) is 6.21 Å². The van der Waals surface area contributed by atoms with Crippen molar-refractivity contribution in [2.24, 2.45) is 5.10 Å². The van der Waals surface area contributed by atoms with Gasteiger partial charge >= 0.3 is 0 Å². The van der Waals surface area contributed by atoms with E-state index < -0.39 is 0 Å². The van der Waals surface area contributed by atoms with E-state index in [0.29, 0.717) is 11.5 Å². The lowest BCUT2D eigenvalue weighted by Crippen LogP contribution is -2.47. The number of thioether (sulfide) groups is 1. The van der Waals surface area contributed by atoms with Crippen molar-refractivity contribution in [1.29, 1.82) is 0 Å². The van der Waals surface area contributed by atoms with Gasteiger partial charge in [-0.2, -0.15) is 5.10 Å². The van der Waals surface area contributed by atoms with Crippen LogP contribution in [0, 0.1) is 0 Å². The molecular formula is C8H16N4S2. The summed E-state index contributed by atoms with van der Waals surface area (Å²) in [6.07, 6.45) is 4.07. The zero-order valence-electron chi connectivity index (χ0n) is 8.36. The van der Waals surface area contributed by atoms with Gasteiger partial charge in [-0.15, -0.1) is 11.8 Å². The molecule has 3 N–H and O–H groups in total. The number of allylic oxidation sites excluding steroid dienone is 1. The van der Waals surface area contributed by atoms with Crippen LogP contribution < -0.4 is 15.5 Å². The number of hydrazone groups is 1. The Morgan fingerprint density at radius 3 is 2.57 bits per heavy atom.